The highest BCUT2D eigenvalue weighted by atomic mass is 32.2. The third kappa shape index (κ3) is 1.52. The van der Waals surface area contributed by atoms with E-state index in [1.54, 1.807) is 36.4 Å². The van der Waals surface area contributed by atoms with Gasteiger partial charge in [-0.05, 0) is 29.3 Å². The molecule has 0 N–H and O–H groups in total. The van der Waals surface area contributed by atoms with Gasteiger partial charge in [0, 0.05) is 0 Å². The highest BCUT2D eigenvalue weighted by Gasteiger charge is 2.44. The van der Waals surface area contributed by atoms with Crippen LogP contribution in [0.1, 0.15) is 23.3 Å². The monoisotopic (exact) mass is 284 g/mol. The number of fused-ring (bicyclic) bond motifs is 5. The first-order valence-corrected chi connectivity index (χ1v) is 7.92. The van der Waals surface area contributed by atoms with Crippen LogP contribution < -0.4 is 0 Å². The molecule has 2 unspecified atom stereocenters. The first-order valence-electron chi connectivity index (χ1n) is 6.44. The Bertz CT molecular complexity index is 807. The van der Waals surface area contributed by atoms with Crippen molar-refractivity contribution >= 4 is 9.84 Å². The van der Waals surface area contributed by atoms with Gasteiger partial charge in [0.1, 0.15) is 12.2 Å². The van der Waals surface area contributed by atoms with Crippen LogP contribution in [0.5, 0.6) is 0 Å². The molecule has 100 valence electrons. The summed E-state index contributed by atoms with van der Waals surface area (Å²) >= 11 is 0. The molecule has 0 saturated carbocycles. The summed E-state index contributed by atoms with van der Waals surface area (Å²) in [4.78, 5) is 0.687. The largest absolute Gasteiger partial charge is 0.356 e. The molecule has 20 heavy (non-hydrogen) atoms. The predicted molar refractivity (Wildman–Crippen MR) is 74.7 cm³/mol. The van der Waals surface area contributed by atoms with Crippen LogP contribution in [0.2, 0.25) is 0 Å². The lowest BCUT2D eigenvalue weighted by Gasteiger charge is -2.14. The van der Waals surface area contributed by atoms with Crippen LogP contribution in [-0.2, 0) is 14.6 Å². The molecule has 0 amide bonds. The van der Waals surface area contributed by atoms with Gasteiger partial charge in [-0.25, -0.2) is 8.42 Å². The maximum absolute atomic E-state index is 12.7. The van der Waals surface area contributed by atoms with E-state index in [0.717, 1.165) is 11.1 Å². The van der Waals surface area contributed by atoms with E-state index in [4.69, 9.17) is 4.74 Å². The second-order valence-electron chi connectivity index (χ2n) is 4.95. The summed E-state index contributed by atoms with van der Waals surface area (Å²) in [5, 5.41) is 0. The summed E-state index contributed by atoms with van der Waals surface area (Å²) in [7, 11) is -3.48. The quantitative estimate of drug-likeness (QED) is 0.850. The topological polar surface area (TPSA) is 43.4 Å². The second-order valence-corrected chi connectivity index (χ2v) is 6.90. The Kier molecular flexibility index (Phi) is 2.40. The minimum Gasteiger partial charge on any atom is -0.356 e. The van der Waals surface area contributed by atoms with Gasteiger partial charge in [0.25, 0.3) is 0 Å². The van der Waals surface area contributed by atoms with E-state index in [0.29, 0.717) is 9.80 Å². The fourth-order valence-electron chi connectivity index (χ4n) is 2.85. The van der Waals surface area contributed by atoms with Crippen LogP contribution in [0, 0.1) is 0 Å². The van der Waals surface area contributed by atoms with Gasteiger partial charge < -0.3 is 4.74 Å². The molecule has 2 aromatic carbocycles. The highest BCUT2D eigenvalue weighted by Crippen LogP contribution is 2.52. The Morgan fingerprint density at radius 1 is 0.850 bits per heavy atom. The van der Waals surface area contributed by atoms with E-state index in [1.165, 1.54) is 0 Å². The smallest absolute Gasteiger partial charge is 0.205 e. The zero-order valence-corrected chi connectivity index (χ0v) is 11.4. The van der Waals surface area contributed by atoms with Gasteiger partial charge >= 0.3 is 0 Å². The van der Waals surface area contributed by atoms with Crippen LogP contribution in [0.25, 0.3) is 0 Å². The Balaban J connectivity index is 1.82. The average Bonchev–Trinajstić information content (AvgIpc) is 3.08. The van der Waals surface area contributed by atoms with E-state index < -0.39 is 15.9 Å². The van der Waals surface area contributed by atoms with Crippen molar-refractivity contribution in [1.29, 1.82) is 0 Å². The minimum absolute atomic E-state index is 0.232. The molecular formula is C16H12O3S. The van der Waals surface area contributed by atoms with E-state index in [2.05, 4.69) is 0 Å². The van der Waals surface area contributed by atoms with E-state index >= 15 is 0 Å². The number of hydrogen-bond acceptors (Lipinski definition) is 3. The molecule has 2 heterocycles. The van der Waals surface area contributed by atoms with Gasteiger partial charge in [0.15, 0.2) is 0 Å². The lowest BCUT2D eigenvalue weighted by atomic mass is 9.97. The van der Waals surface area contributed by atoms with E-state index in [1.807, 2.05) is 24.3 Å². The summed E-state index contributed by atoms with van der Waals surface area (Å²) in [5.74, 6) is 0. The molecule has 2 aliphatic heterocycles. The molecule has 0 aliphatic carbocycles. The molecule has 3 nitrogen and oxygen atoms in total. The van der Waals surface area contributed by atoms with Crippen LogP contribution in [0.15, 0.2) is 70.5 Å². The average molecular weight is 284 g/mol. The van der Waals surface area contributed by atoms with E-state index in [-0.39, 0.29) is 6.10 Å². The first-order chi connectivity index (χ1) is 9.68. The van der Waals surface area contributed by atoms with Gasteiger partial charge in [-0.15, -0.1) is 0 Å². The van der Waals surface area contributed by atoms with Crippen molar-refractivity contribution in [2.75, 3.05) is 0 Å². The molecule has 0 saturated heterocycles. The molecule has 0 fully saturated rings. The molecule has 0 radical (unpaired) electrons. The zero-order valence-electron chi connectivity index (χ0n) is 10.6. The number of benzene rings is 2. The van der Waals surface area contributed by atoms with Crippen molar-refractivity contribution < 1.29 is 13.2 Å². The molecule has 0 spiro atoms. The number of hydrogen-bond donors (Lipinski definition) is 0. The normalized spacial score (nSPS) is 23.5. The lowest BCUT2D eigenvalue weighted by Crippen LogP contribution is -2.11. The molecule has 2 bridgehead atoms. The number of sulfone groups is 1. The highest BCUT2D eigenvalue weighted by molar-refractivity contribution is 7.95. The molecule has 2 atom stereocenters. The van der Waals surface area contributed by atoms with Gasteiger partial charge in [0.05, 0.1) is 9.80 Å². The Labute approximate surface area is 117 Å². The van der Waals surface area contributed by atoms with Crippen LogP contribution in [0.4, 0.5) is 0 Å². The Morgan fingerprint density at radius 2 is 1.50 bits per heavy atom. The van der Waals surface area contributed by atoms with Crippen molar-refractivity contribution in [2.24, 2.45) is 0 Å². The van der Waals surface area contributed by atoms with Gasteiger partial charge in [-0.3, -0.25) is 0 Å². The second kappa shape index (κ2) is 4.04. The summed E-state index contributed by atoms with van der Waals surface area (Å²) in [6, 6.07) is 16.3. The lowest BCUT2D eigenvalue weighted by molar-refractivity contribution is 0.0860. The molecule has 0 aromatic heterocycles. The first kappa shape index (κ1) is 11.9. The summed E-state index contributed by atoms with van der Waals surface area (Å²) in [6.07, 6.45) is 1.04. The zero-order chi connectivity index (χ0) is 13.7. The SMILES string of the molecule is O=S(=O)(C1=CC2OC1c1ccccc12)c1ccccc1. The Hall–Kier alpha value is -1.91. The van der Waals surface area contributed by atoms with Gasteiger partial charge in [-0.1, -0.05) is 42.5 Å². The maximum atomic E-state index is 12.7. The van der Waals surface area contributed by atoms with E-state index in [9.17, 15) is 8.42 Å². The van der Waals surface area contributed by atoms with Gasteiger partial charge in [0.2, 0.25) is 9.84 Å². The number of rotatable bonds is 2. The summed E-state index contributed by atoms with van der Waals surface area (Å²) < 4.78 is 31.2. The molecule has 2 aromatic rings. The molecule has 4 heteroatoms. The maximum Gasteiger partial charge on any atom is 0.205 e. The van der Waals surface area contributed by atoms with Crippen LogP contribution >= 0.6 is 0 Å². The van der Waals surface area contributed by atoms with Crippen molar-refractivity contribution in [3.63, 3.8) is 0 Å². The predicted octanol–water partition coefficient (Wildman–Crippen LogP) is 3.17. The number of ether oxygens (including phenoxy) is 1. The van der Waals surface area contributed by atoms with Crippen molar-refractivity contribution in [1.82, 2.24) is 0 Å². The Morgan fingerprint density at radius 3 is 2.25 bits per heavy atom. The minimum atomic E-state index is -3.48. The molecule has 2 aliphatic rings. The van der Waals surface area contributed by atoms with Crippen LogP contribution in [0.3, 0.4) is 0 Å². The van der Waals surface area contributed by atoms with Crippen molar-refractivity contribution in [3.05, 3.63) is 76.7 Å². The van der Waals surface area contributed by atoms with Gasteiger partial charge in [-0.2, -0.15) is 0 Å². The molecular weight excluding hydrogens is 272 g/mol. The molecule has 4 rings (SSSR count). The van der Waals surface area contributed by atoms with Crippen molar-refractivity contribution in [2.45, 2.75) is 17.1 Å². The fourth-order valence-corrected chi connectivity index (χ4v) is 4.41. The summed E-state index contributed by atoms with van der Waals surface area (Å²) in [5.41, 5.74) is 2.04. The fraction of sp³-hybridized carbons (Fsp3) is 0.125. The third-order valence-corrected chi connectivity index (χ3v) is 5.67. The summed E-state index contributed by atoms with van der Waals surface area (Å²) in [6.45, 7) is 0. The third-order valence-electron chi connectivity index (χ3n) is 3.81. The standard InChI is InChI=1S/C16H12O3S/c17-20(18,11-6-2-1-3-7-11)15-10-14-12-8-4-5-9-13(12)16(15)19-14/h1-10,14,16H. The van der Waals surface area contributed by atoms with Crippen molar-refractivity contribution in [3.8, 4) is 0 Å². The van der Waals surface area contributed by atoms with Crippen LogP contribution in [-0.4, -0.2) is 8.42 Å².